The van der Waals surface area contributed by atoms with Crippen LogP contribution in [0.15, 0.2) is 36.4 Å². The maximum atomic E-state index is 10.8. The Morgan fingerprint density at radius 2 is 1.81 bits per heavy atom. The first-order chi connectivity index (χ1) is 10.1. The van der Waals surface area contributed by atoms with E-state index in [2.05, 4.69) is 24.3 Å². The summed E-state index contributed by atoms with van der Waals surface area (Å²) < 4.78 is 0. The molecule has 0 saturated carbocycles. The zero-order valence-electron chi connectivity index (χ0n) is 12.6. The Kier molecular flexibility index (Phi) is 4.05. The second kappa shape index (κ2) is 5.82. The van der Waals surface area contributed by atoms with Crippen LogP contribution in [0.2, 0.25) is 5.02 Å². The van der Waals surface area contributed by atoms with Crippen molar-refractivity contribution in [2.75, 3.05) is 0 Å². The van der Waals surface area contributed by atoms with Crippen LogP contribution in [0, 0.1) is 19.8 Å². The number of aliphatic hydroxyl groups excluding tert-OH is 1. The monoisotopic (exact) mass is 300 g/mol. The van der Waals surface area contributed by atoms with Gasteiger partial charge in [0.2, 0.25) is 0 Å². The summed E-state index contributed by atoms with van der Waals surface area (Å²) in [6.45, 7) is 4.02. The van der Waals surface area contributed by atoms with Gasteiger partial charge in [-0.1, -0.05) is 41.9 Å². The molecule has 2 aromatic rings. The summed E-state index contributed by atoms with van der Waals surface area (Å²) in [5, 5.41) is 11.6. The molecule has 0 aromatic heterocycles. The summed E-state index contributed by atoms with van der Waals surface area (Å²) in [7, 11) is 0. The number of rotatable bonds is 2. The summed E-state index contributed by atoms with van der Waals surface area (Å²) in [5.74, 6) is 0.291. The highest BCUT2D eigenvalue weighted by molar-refractivity contribution is 6.31. The van der Waals surface area contributed by atoms with Gasteiger partial charge in [-0.2, -0.15) is 0 Å². The van der Waals surface area contributed by atoms with Gasteiger partial charge in [-0.3, -0.25) is 0 Å². The molecule has 21 heavy (non-hydrogen) atoms. The molecule has 110 valence electrons. The molecule has 1 aliphatic carbocycles. The third kappa shape index (κ3) is 2.86. The van der Waals surface area contributed by atoms with Crippen LogP contribution in [-0.2, 0) is 12.8 Å². The fourth-order valence-electron chi connectivity index (χ4n) is 3.37. The van der Waals surface area contributed by atoms with Crippen LogP contribution in [0.1, 0.15) is 40.3 Å². The summed E-state index contributed by atoms with van der Waals surface area (Å²) in [4.78, 5) is 0. The Hall–Kier alpha value is -1.31. The molecule has 0 amide bonds. The van der Waals surface area contributed by atoms with E-state index in [1.54, 1.807) is 0 Å². The Balaban J connectivity index is 1.87. The zero-order valence-corrected chi connectivity index (χ0v) is 13.3. The number of aliphatic hydroxyl groups is 1. The molecule has 1 aliphatic rings. The number of aryl methyl sites for hydroxylation is 3. The topological polar surface area (TPSA) is 20.2 Å². The molecule has 2 aromatic carbocycles. The smallest absolute Gasteiger partial charge is 0.0824 e. The molecule has 0 bridgehead atoms. The van der Waals surface area contributed by atoms with Crippen LogP contribution in [0.4, 0.5) is 0 Å². The van der Waals surface area contributed by atoms with E-state index in [1.807, 2.05) is 26.0 Å². The van der Waals surface area contributed by atoms with Crippen LogP contribution in [0.5, 0.6) is 0 Å². The van der Waals surface area contributed by atoms with Crippen molar-refractivity contribution in [1.82, 2.24) is 0 Å². The molecular formula is C19H21ClO. The van der Waals surface area contributed by atoms with Crippen molar-refractivity contribution < 1.29 is 5.11 Å². The predicted octanol–water partition coefficient (Wildman–Crippen LogP) is 4.80. The van der Waals surface area contributed by atoms with Crippen molar-refractivity contribution in [2.45, 2.75) is 39.2 Å². The fourth-order valence-corrected chi connectivity index (χ4v) is 3.59. The van der Waals surface area contributed by atoms with Gasteiger partial charge in [0.25, 0.3) is 0 Å². The van der Waals surface area contributed by atoms with E-state index < -0.39 is 6.10 Å². The lowest BCUT2D eigenvalue weighted by molar-refractivity contribution is 0.0989. The maximum absolute atomic E-state index is 10.8. The van der Waals surface area contributed by atoms with Gasteiger partial charge in [-0.05, 0) is 72.9 Å². The fraction of sp³-hybridized carbons (Fsp3) is 0.368. The van der Waals surface area contributed by atoms with Crippen LogP contribution >= 0.6 is 11.6 Å². The van der Waals surface area contributed by atoms with E-state index in [0.717, 1.165) is 41.0 Å². The molecular weight excluding hydrogens is 280 g/mol. The number of fused-ring (bicyclic) bond motifs is 1. The van der Waals surface area contributed by atoms with Gasteiger partial charge in [-0.15, -0.1) is 0 Å². The highest BCUT2D eigenvalue weighted by atomic mass is 35.5. The lowest BCUT2D eigenvalue weighted by Gasteiger charge is -2.29. The van der Waals surface area contributed by atoms with Gasteiger partial charge >= 0.3 is 0 Å². The number of hydrogen-bond acceptors (Lipinski definition) is 1. The van der Waals surface area contributed by atoms with Crippen molar-refractivity contribution in [3.8, 4) is 0 Å². The second-order valence-electron chi connectivity index (χ2n) is 6.17. The van der Waals surface area contributed by atoms with Crippen LogP contribution in [0.3, 0.4) is 0 Å². The average Bonchev–Trinajstić information content (AvgIpc) is 2.50. The van der Waals surface area contributed by atoms with Crippen molar-refractivity contribution in [2.24, 2.45) is 5.92 Å². The molecule has 0 spiro atoms. The van der Waals surface area contributed by atoms with E-state index in [0.29, 0.717) is 5.92 Å². The van der Waals surface area contributed by atoms with Gasteiger partial charge in [0, 0.05) is 5.02 Å². The lowest BCUT2D eigenvalue weighted by atomic mass is 9.78. The molecule has 0 saturated heterocycles. The molecule has 2 unspecified atom stereocenters. The molecule has 1 N–H and O–H groups in total. The van der Waals surface area contributed by atoms with Gasteiger partial charge < -0.3 is 5.11 Å². The van der Waals surface area contributed by atoms with E-state index >= 15 is 0 Å². The van der Waals surface area contributed by atoms with Crippen molar-refractivity contribution in [1.29, 1.82) is 0 Å². The predicted molar refractivity (Wildman–Crippen MR) is 87.8 cm³/mol. The van der Waals surface area contributed by atoms with Crippen LogP contribution in [-0.4, -0.2) is 5.11 Å². The Bertz CT molecular complexity index is 663. The number of benzene rings is 2. The molecule has 0 aliphatic heterocycles. The van der Waals surface area contributed by atoms with Crippen LogP contribution < -0.4 is 0 Å². The van der Waals surface area contributed by atoms with Gasteiger partial charge in [-0.25, -0.2) is 0 Å². The third-order valence-corrected chi connectivity index (χ3v) is 5.10. The van der Waals surface area contributed by atoms with Crippen molar-refractivity contribution >= 4 is 11.6 Å². The molecule has 3 rings (SSSR count). The Morgan fingerprint density at radius 1 is 1.10 bits per heavy atom. The number of hydrogen-bond donors (Lipinski definition) is 1. The molecule has 2 atom stereocenters. The first kappa shape index (κ1) is 14.6. The quantitative estimate of drug-likeness (QED) is 0.845. The highest BCUT2D eigenvalue weighted by Gasteiger charge is 2.27. The molecule has 2 heteroatoms. The number of halogens is 1. The third-order valence-electron chi connectivity index (χ3n) is 4.70. The molecule has 1 nitrogen and oxygen atoms in total. The molecule has 0 fully saturated rings. The lowest BCUT2D eigenvalue weighted by Crippen LogP contribution is -2.21. The second-order valence-corrected chi connectivity index (χ2v) is 6.58. The van der Waals surface area contributed by atoms with E-state index in [1.165, 1.54) is 11.1 Å². The Morgan fingerprint density at radius 3 is 2.57 bits per heavy atom. The van der Waals surface area contributed by atoms with E-state index in [9.17, 15) is 5.11 Å². The summed E-state index contributed by atoms with van der Waals surface area (Å²) >= 11 is 6.16. The maximum Gasteiger partial charge on any atom is 0.0824 e. The van der Waals surface area contributed by atoms with Gasteiger partial charge in [0.15, 0.2) is 0 Å². The molecule has 0 heterocycles. The minimum Gasteiger partial charge on any atom is -0.388 e. The Labute approximate surface area is 131 Å². The van der Waals surface area contributed by atoms with E-state index in [-0.39, 0.29) is 0 Å². The zero-order chi connectivity index (χ0) is 15.0. The minimum atomic E-state index is -0.408. The van der Waals surface area contributed by atoms with Crippen LogP contribution in [0.25, 0.3) is 0 Å². The first-order valence-corrected chi connectivity index (χ1v) is 7.95. The standard InChI is InChI=1S/C19H21ClO/c1-12-10-18(20)13(2)9-17(12)19(21)16-8-7-14-5-3-4-6-15(14)11-16/h3-6,9-10,16,19,21H,7-8,11H2,1-2H3. The largest absolute Gasteiger partial charge is 0.388 e. The van der Waals surface area contributed by atoms with Crippen molar-refractivity contribution in [3.05, 3.63) is 69.2 Å². The highest BCUT2D eigenvalue weighted by Crippen LogP contribution is 2.36. The minimum absolute atomic E-state index is 0.291. The average molecular weight is 301 g/mol. The van der Waals surface area contributed by atoms with Gasteiger partial charge in [0.05, 0.1) is 6.10 Å². The van der Waals surface area contributed by atoms with Crippen molar-refractivity contribution in [3.63, 3.8) is 0 Å². The summed E-state index contributed by atoms with van der Waals surface area (Å²) in [6.07, 6.45) is 2.65. The first-order valence-electron chi connectivity index (χ1n) is 7.57. The summed E-state index contributed by atoms with van der Waals surface area (Å²) in [6, 6.07) is 12.6. The normalized spacial score (nSPS) is 19.1. The molecule has 0 radical (unpaired) electrons. The van der Waals surface area contributed by atoms with E-state index in [4.69, 9.17) is 11.6 Å². The SMILES string of the molecule is Cc1cc(C(O)C2CCc3ccccc3C2)c(C)cc1Cl. The van der Waals surface area contributed by atoms with Gasteiger partial charge in [0.1, 0.15) is 0 Å². The summed E-state index contributed by atoms with van der Waals surface area (Å²) in [5.41, 5.74) is 5.96.